The number of hydrogen-bond acceptors (Lipinski definition) is 6. The Hall–Kier alpha value is -1.64. The molecular formula is C13H20N2O5S. The Morgan fingerprint density at radius 2 is 2.10 bits per heavy atom. The quantitative estimate of drug-likeness (QED) is 0.553. The van der Waals surface area contributed by atoms with Crippen LogP contribution in [0.4, 0.5) is 5.69 Å². The highest BCUT2D eigenvalue weighted by Gasteiger charge is 2.27. The van der Waals surface area contributed by atoms with Crippen molar-refractivity contribution >= 4 is 21.7 Å². The molecule has 0 aliphatic carbocycles. The average molecular weight is 316 g/mol. The molecule has 0 saturated heterocycles. The summed E-state index contributed by atoms with van der Waals surface area (Å²) in [5.74, 6) is -0.610. The number of nitrogen functional groups attached to an aromatic ring is 1. The van der Waals surface area contributed by atoms with E-state index in [0.29, 0.717) is 5.69 Å². The summed E-state index contributed by atoms with van der Waals surface area (Å²) in [5.41, 5.74) is 5.94. The molecule has 0 aliphatic heterocycles. The van der Waals surface area contributed by atoms with E-state index >= 15 is 0 Å². The fourth-order valence-electron chi connectivity index (χ4n) is 1.65. The van der Waals surface area contributed by atoms with E-state index in [1.165, 1.54) is 19.2 Å². The zero-order valence-corrected chi connectivity index (χ0v) is 12.9. The Morgan fingerprint density at radius 3 is 2.67 bits per heavy atom. The molecule has 0 heterocycles. The lowest BCUT2D eigenvalue weighted by Gasteiger charge is -2.21. The Morgan fingerprint density at radius 1 is 1.38 bits per heavy atom. The van der Waals surface area contributed by atoms with E-state index in [0.717, 1.165) is 4.31 Å². The topological polar surface area (TPSA) is 98.9 Å². The summed E-state index contributed by atoms with van der Waals surface area (Å²) in [6.45, 7) is 1.70. The molecule has 1 aromatic rings. The molecule has 0 aromatic heterocycles. The number of esters is 1. The lowest BCUT2D eigenvalue weighted by Crippen LogP contribution is -2.38. The van der Waals surface area contributed by atoms with E-state index < -0.39 is 16.0 Å². The first-order valence-electron chi connectivity index (χ1n) is 6.42. The number of rotatable bonds is 8. The number of anilines is 1. The van der Waals surface area contributed by atoms with Crippen molar-refractivity contribution in [2.24, 2.45) is 0 Å². The van der Waals surface area contributed by atoms with Gasteiger partial charge in [0.2, 0.25) is 10.0 Å². The zero-order valence-electron chi connectivity index (χ0n) is 12.1. The summed E-state index contributed by atoms with van der Waals surface area (Å²) in [6, 6.07) is 5.90. The molecule has 8 heteroatoms. The molecule has 7 nitrogen and oxygen atoms in total. The highest BCUT2D eigenvalue weighted by atomic mass is 32.2. The molecule has 0 spiro atoms. The van der Waals surface area contributed by atoms with E-state index in [2.05, 4.69) is 0 Å². The van der Waals surface area contributed by atoms with Crippen LogP contribution in [0.3, 0.4) is 0 Å². The standard InChI is InChI=1S/C13H20N2O5S/c1-3-20-13(16)10-15(7-8-19-2)21(17,18)12-6-4-5-11(14)9-12/h4-6,9H,3,7-8,10,14H2,1-2H3. The molecule has 2 N–H and O–H groups in total. The van der Waals surface area contributed by atoms with Crippen molar-refractivity contribution < 1.29 is 22.7 Å². The van der Waals surface area contributed by atoms with Gasteiger partial charge in [0.25, 0.3) is 0 Å². The fourth-order valence-corrected chi connectivity index (χ4v) is 3.08. The van der Waals surface area contributed by atoms with Crippen LogP contribution in [0.5, 0.6) is 0 Å². The summed E-state index contributed by atoms with van der Waals surface area (Å²) >= 11 is 0. The van der Waals surface area contributed by atoms with Crippen LogP contribution in [0.25, 0.3) is 0 Å². The lowest BCUT2D eigenvalue weighted by molar-refractivity contribution is -0.143. The first-order chi connectivity index (χ1) is 9.91. The highest BCUT2D eigenvalue weighted by molar-refractivity contribution is 7.89. The molecule has 0 bridgehead atoms. The molecule has 1 aromatic carbocycles. The predicted octanol–water partition coefficient (Wildman–Crippen LogP) is 0.469. The maximum absolute atomic E-state index is 12.5. The first kappa shape index (κ1) is 17.4. The molecule has 1 rings (SSSR count). The smallest absolute Gasteiger partial charge is 0.321 e. The van der Waals surface area contributed by atoms with Crippen LogP contribution in [0.15, 0.2) is 29.2 Å². The molecule has 118 valence electrons. The molecular weight excluding hydrogens is 296 g/mol. The summed E-state index contributed by atoms with van der Waals surface area (Å²) in [7, 11) is -2.38. The monoisotopic (exact) mass is 316 g/mol. The number of carbonyl (C=O) groups is 1. The molecule has 0 radical (unpaired) electrons. The fraction of sp³-hybridized carbons (Fsp3) is 0.462. The third-order valence-corrected chi connectivity index (χ3v) is 4.49. The van der Waals surface area contributed by atoms with Crippen molar-refractivity contribution in [1.29, 1.82) is 0 Å². The molecule has 0 unspecified atom stereocenters. The normalized spacial score (nSPS) is 11.6. The van der Waals surface area contributed by atoms with Gasteiger partial charge < -0.3 is 15.2 Å². The highest BCUT2D eigenvalue weighted by Crippen LogP contribution is 2.18. The number of sulfonamides is 1. The van der Waals surface area contributed by atoms with Crippen LogP contribution in [-0.2, 0) is 24.3 Å². The van der Waals surface area contributed by atoms with Crippen molar-refractivity contribution in [3.8, 4) is 0 Å². The largest absolute Gasteiger partial charge is 0.465 e. The molecule has 21 heavy (non-hydrogen) atoms. The van der Waals surface area contributed by atoms with Crippen molar-refractivity contribution in [2.75, 3.05) is 39.1 Å². The predicted molar refractivity (Wildman–Crippen MR) is 78.1 cm³/mol. The number of methoxy groups -OCH3 is 1. The summed E-state index contributed by atoms with van der Waals surface area (Å²) < 4.78 is 35.8. The molecule has 0 saturated carbocycles. The Kier molecular flexibility index (Phi) is 6.60. The van der Waals surface area contributed by atoms with Gasteiger partial charge in [-0.1, -0.05) is 6.07 Å². The van der Waals surface area contributed by atoms with Gasteiger partial charge in [0.15, 0.2) is 0 Å². The van der Waals surface area contributed by atoms with Crippen LogP contribution >= 0.6 is 0 Å². The zero-order chi connectivity index (χ0) is 15.9. The van der Waals surface area contributed by atoms with Gasteiger partial charge in [-0.25, -0.2) is 8.42 Å². The van der Waals surface area contributed by atoms with E-state index in [4.69, 9.17) is 15.2 Å². The maximum atomic E-state index is 12.5. The minimum absolute atomic E-state index is 0.0305. The van der Waals surface area contributed by atoms with Crippen molar-refractivity contribution in [3.63, 3.8) is 0 Å². The second-order valence-corrected chi connectivity index (χ2v) is 6.15. The number of benzene rings is 1. The lowest BCUT2D eigenvalue weighted by atomic mass is 10.3. The third kappa shape index (κ3) is 5.00. The number of nitrogens with zero attached hydrogens (tertiary/aromatic N) is 1. The van der Waals surface area contributed by atoms with Gasteiger partial charge in [0, 0.05) is 19.3 Å². The van der Waals surface area contributed by atoms with E-state index in [9.17, 15) is 13.2 Å². The van der Waals surface area contributed by atoms with Gasteiger partial charge in [-0.3, -0.25) is 4.79 Å². The minimum atomic E-state index is -3.84. The van der Waals surface area contributed by atoms with E-state index in [1.807, 2.05) is 0 Å². The first-order valence-corrected chi connectivity index (χ1v) is 7.86. The molecule has 0 amide bonds. The van der Waals surface area contributed by atoms with E-state index in [-0.39, 0.29) is 31.2 Å². The number of nitrogens with two attached hydrogens (primary N) is 1. The molecule has 0 atom stereocenters. The second-order valence-electron chi connectivity index (χ2n) is 4.21. The Bertz CT molecular complexity index is 574. The van der Waals surface area contributed by atoms with Crippen LogP contribution in [0.1, 0.15) is 6.92 Å². The maximum Gasteiger partial charge on any atom is 0.321 e. The Labute approximate surface area is 124 Å². The van der Waals surface area contributed by atoms with Gasteiger partial charge in [0.05, 0.1) is 18.1 Å². The van der Waals surface area contributed by atoms with Gasteiger partial charge in [-0.05, 0) is 25.1 Å². The van der Waals surface area contributed by atoms with Crippen molar-refractivity contribution in [1.82, 2.24) is 4.31 Å². The summed E-state index contributed by atoms with van der Waals surface area (Å²) in [5, 5.41) is 0. The van der Waals surface area contributed by atoms with E-state index in [1.54, 1.807) is 19.1 Å². The van der Waals surface area contributed by atoms with Gasteiger partial charge in [-0.15, -0.1) is 0 Å². The second kappa shape index (κ2) is 7.96. The third-order valence-electron chi connectivity index (χ3n) is 2.65. The van der Waals surface area contributed by atoms with Crippen LogP contribution in [0, 0.1) is 0 Å². The average Bonchev–Trinajstić information content (AvgIpc) is 2.43. The summed E-state index contributed by atoms with van der Waals surface area (Å²) in [4.78, 5) is 11.6. The Balaban J connectivity index is 3.02. The van der Waals surface area contributed by atoms with Gasteiger partial charge >= 0.3 is 5.97 Å². The van der Waals surface area contributed by atoms with Crippen molar-refractivity contribution in [3.05, 3.63) is 24.3 Å². The number of carbonyl (C=O) groups excluding carboxylic acids is 1. The van der Waals surface area contributed by atoms with Gasteiger partial charge in [0.1, 0.15) is 6.54 Å². The number of hydrogen-bond donors (Lipinski definition) is 1. The summed E-state index contributed by atoms with van der Waals surface area (Å²) in [6.07, 6.45) is 0. The molecule has 0 aliphatic rings. The van der Waals surface area contributed by atoms with Crippen LogP contribution in [-0.4, -0.2) is 52.1 Å². The SMILES string of the molecule is CCOC(=O)CN(CCOC)S(=O)(=O)c1cccc(N)c1. The van der Waals surface area contributed by atoms with Crippen LogP contribution < -0.4 is 5.73 Å². The minimum Gasteiger partial charge on any atom is -0.465 e. The number of ether oxygens (including phenoxy) is 2. The van der Waals surface area contributed by atoms with Gasteiger partial charge in [-0.2, -0.15) is 4.31 Å². The van der Waals surface area contributed by atoms with Crippen LogP contribution in [0.2, 0.25) is 0 Å². The van der Waals surface area contributed by atoms with Crippen molar-refractivity contribution in [2.45, 2.75) is 11.8 Å². The molecule has 0 fully saturated rings.